The van der Waals surface area contributed by atoms with Gasteiger partial charge in [0.15, 0.2) is 0 Å². The fraction of sp³-hybridized carbons (Fsp3) is 0.917. The average molecular weight is 211 g/mol. The lowest BCUT2D eigenvalue weighted by Gasteiger charge is -2.42. The van der Waals surface area contributed by atoms with Gasteiger partial charge in [0.2, 0.25) is 0 Å². The molecule has 1 aliphatic carbocycles. The van der Waals surface area contributed by atoms with E-state index in [4.69, 9.17) is 5.11 Å². The SMILES string of the molecule is CC(C)CN1CC(C(=O)C2CC(O)C2)C1. The average Bonchev–Trinajstić information content (AvgIpc) is 2.03. The molecule has 0 aromatic carbocycles. The molecular weight excluding hydrogens is 190 g/mol. The van der Waals surface area contributed by atoms with Gasteiger partial charge in [0.05, 0.1) is 6.10 Å². The second-order valence-corrected chi connectivity index (χ2v) is 5.53. The number of hydrogen-bond acceptors (Lipinski definition) is 3. The van der Waals surface area contributed by atoms with E-state index in [1.54, 1.807) is 0 Å². The zero-order chi connectivity index (χ0) is 11.0. The molecule has 0 bridgehead atoms. The van der Waals surface area contributed by atoms with Gasteiger partial charge in [-0.1, -0.05) is 13.8 Å². The van der Waals surface area contributed by atoms with Crippen LogP contribution in [0.15, 0.2) is 0 Å². The first-order chi connectivity index (χ1) is 7.06. The summed E-state index contributed by atoms with van der Waals surface area (Å²) in [5.74, 6) is 1.53. The summed E-state index contributed by atoms with van der Waals surface area (Å²) in [7, 11) is 0. The monoisotopic (exact) mass is 211 g/mol. The molecule has 0 aromatic heterocycles. The maximum Gasteiger partial charge on any atom is 0.141 e. The van der Waals surface area contributed by atoms with Crippen LogP contribution >= 0.6 is 0 Å². The third-order valence-corrected chi connectivity index (χ3v) is 3.50. The molecule has 0 radical (unpaired) electrons. The maximum absolute atomic E-state index is 11.8. The molecule has 2 fully saturated rings. The molecular formula is C12H21NO2. The number of Topliss-reactive ketones (excluding diaryl/α,β-unsaturated/α-hetero) is 1. The second-order valence-electron chi connectivity index (χ2n) is 5.53. The minimum Gasteiger partial charge on any atom is -0.393 e. The second kappa shape index (κ2) is 4.22. The van der Waals surface area contributed by atoms with Gasteiger partial charge in [-0.2, -0.15) is 0 Å². The summed E-state index contributed by atoms with van der Waals surface area (Å²) < 4.78 is 0. The van der Waals surface area contributed by atoms with Crippen LogP contribution in [0.5, 0.6) is 0 Å². The molecule has 86 valence electrons. The minimum absolute atomic E-state index is 0.172. The summed E-state index contributed by atoms with van der Waals surface area (Å²) in [6.45, 7) is 7.42. The minimum atomic E-state index is -0.203. The first kappa shape index (κ1) is 11.1. The smallest absolute Gasteiger partial charge is 0.141 e. The van der Waals surface area contributed by atoms with Gasteiger partial charge >= 0.3 is 0 Å². The summed E-state index contributed by atoms with van der Waals surface area (Å²) >= 11 is 0. The number of likely N-dealkylation sites (tertiary alicyclic amines) is 1. The highest BCUT2D eigenvalue weighted by molar-refractivity contribution is 5.85. The number of nitrogens with zero attached hydrogens (tertiary/aromatic N) is 1. The molecule has 1 N–H and O–H groups in total. The highest BCUT2D eigenvalue weighted by Gasteiger charge is 2.41. The number of rotatable bonds is 4. The van der Waals surface area contributed by atoms with Crippen LogP contribution in [0.1, 0.15) is 26.7 Å². The molecule has 0 unspecified atom stereocenters. The Morgan fingerprint density at radius 1 is 1.33 bits per heavy atom. The third kappa shape index (κ3) is 2.40. The Morgan fingerprint density at radius 2 is 1.93 bits per heavy atom. The Kier molecular flexibility index (Phi) is 3.12. The van der Waals surface area contributed by atoms with Crippen LogP contribution in [0, 0.1) is 17.8 Å². The molecule has 1 aliphatic heterocycles. The fourth-order valence-electron chi connectivity index (χ4n) is 2.57. The summed E-state index contributed by atoms with van der Waals surface area (Å²) in [6, 6.07) is 0. The summed E-state index contributed by atoms with van der Waals surface area (Å²) in [5, 5.41) is 9.15. The first-order valence-electron chi connectivity index (χ1n) is 6.00. The molecule has 2 rings (SSSR count). The van der Waals surface area contributed by atoms with Crippen LogP contribution < -0.4 is 0 Å². The lowest BCUT2D eigenvalue weighted by Crippen LogP contribution is -2.54. The molecule has 0 atom stereocenters. The molecule has 3 heteroatoms. The third-order valence-electron chi connectivity index (χ3n) is 3.50. The van der Waals surface area contributed by atoms with Crippen molar-refractivity contribution in [2.75, 3.05) is 19.6 Å². The lowest BCUT2D eigenvalue weighted by atomic mass is 9.74. The Labute approximate surface area is 91.5 Å². The molecule has 0 aromatic rings. The van der Waals surface area contributed by atoms with Crippen LogP contribution in [-0.2, 0) is 4.79 Å². The highest BCUT2D eigenvalue weighted by atomic mass is 16.3. The zero-order valence-electron chi connectivity index (χ0n) is 9.65. The molecule has 0 spiro atoms. The van der Waals surface area contributed by atoms with Crippen molar-refractivity contribution in [3.8, 4) is 0 Å². The number of ketones is 1. The Balaban J connectivity index is 1.68. The van der Waals surface area contributed by atoms with Crippen molar-refractivity contribution in [2.45, 2.75) is 32.8 Å². The molecule has 0 amide bonds. The Bertz CT molecular complexity index is 240. The number of carbonyl (C=O) groups is 1. The molecule has 1 saturated carbocycles. The lowest BCUT2D eigenvalue weighted by molar-refractivity contribution is -0.138. The largest absolute Gasteiger partial charge is 0.393 e. The van der Waals surface area contributed by atoms with Crippen LogP contribution in [0.4, 0.5) is 0 Å². The van der Waals surface area contributed by atoms with Gasteiger partial charge in [0, 0.05) is 31.5 Å². The molecule has 1 saturated heterocycles. The molecule has 3 nitrogen and oxygen atoms in total. The van der Waals surface area contributed by atoms with E-state index in [9.17, 15) is 4.79 Å². The summed E-state index contributed by atoms with van der Waals surface area (Å²) in [6.07, 6.45) is 1.21. The fourth-order valence-corrected chi connectivity index (χ4v) is 2.57. The summed E-state index contributed by atoms with van der Waals surface area (Å²) in [4.78, 5) is 14.2. The van der Waals surface area contributed by atoms with E-state index in [0.717, 1.165) is 19.6 Å². The number of aliphatic hydroxyl groups is 1. The van der Waals surface area contributed by atoms with Gasteiger partial charge in [-0.3, -0.25) is 4.79 Å². The number of aliphatic hydroxyl groups excluding tert-OH is 1. The van der Waals surface area contributed by atoms with Gasteiger partial charge in [-0.05, 0) is 18.8 Å². The van der Waals surface area contributed by atoms with E-state index in [-0.39, 0.29) is 17.9 Å². The first-order valence-corrected chi connectivity index (χ1v) is 6.00. The predicted molar refractivity (Wildman–Crippen MR) is 58.5 cm³/mol. The van der Waals surface area contributed by atoms with Crippen molar-refractivity contribution in [3.05, 3.63) is 0 Å². The molecule has 15 heavy (non-hydrogen) atoms. The van der Waals surface area contributed by atoms with E-state index in [1.165, 1.54) is 0 Å². The van der Waals surface area contributed by atoms with Crippen molar-refractivity contribution in [3.63, 3.8) is 0 Å². The Morgan fingerprint density at radius 3 is 2.40 bits per heavy atom. The van der Waals surface area contributed by atoms with Crippen LogP contribution in [0.25, 0.3) is 0 Å². The zero-order valence-corrected chi connectivity index (χ0v) is 9.65. The quantitative estimate of drug-likeness (QED) is 0.751. The van der Waals surface area contributed by atoms with E-state index >= 15 is 0 Å². The molecule has 1 heterocycles. The van der Waals surface area contributed by atoms with E-state index in [2.05, 4.69) is 18.7 Å². The van der Waals surface area contributed by atoms with Crippen LogP contribution in [-0.4, -0.2) is 41.5 Å². The number of hydrogen-bond donors (Lipinski definition) is 1. The number of carbonyl (C=O) groups excluding carboxylic acids is 1. The topological polar surface area (TPSA) is 40.5 Å². The van der Waals surface area contributed by atoms with Gasteiger partial charge in [0.1, 0.15) is 5.78 Å². The maximum atomic E-state index is 11.8. The van der Waals surface area contributed by atoms with Crippen LogP contribution in [0.2, 0.25) is 0 Å². The Hall–Kier alpha value is -0.410. The van der Waals surface area contributed by atoms with Crippen molar-refractivity contribution in [2.24, 2.45) is 17.8 Å². The van der Waals surface area contributed by atoms with E-state index in [1.807, 2.05) is 0 Å². The van der Waals surface area contributed by atoms with E-state index in [0.29, 0.717) is 24.5 Å². The van der Waals surface area contributed by atoms with Gasteiger partial charge in [-0.25, -0.2) is 0 Å². The van der Waals surface area contributed by atoms with Crippen molar-refractivity contribution in [1.82, 2.24) is 4.90 Å². The van der Waals surface area contributed by atoms with Gasteiger partial charge in [-0.15, -0.1) is 0 Å². The normalized spacial score (nSPS) is 32.5. The van der Waals surface area contributed by atoms with Crippen molar-refractivity contribution >= 4 is 5.78 Å². The van der Waals surface area contributed by atoms with Crippen LogP contribution in [0.3, 0.4) is 0 Å². The van der Waals surface area contributed by atoms with Gasteiger partial charge < -0.3 is 10.0 Å². The van der Waals surface area contributed by atoms with Crippen molar-refractivity contribution in [1.29, 1.82) is 0 Å². The molecule has 2 aliphatic rings. The van der Waals surface area contributed by atoms with Crippen molar-refractivity contribution < 1.29 is 9.90 Å². The predicted octanol–water partition coefficient (Wildman–Crippen LogP) is 0.914. The summed E-state index contributed by atoms with van der Waals surface area (Å²) in [5.41, 5.74) is 0. The van der Waals surface area contributed by atoms with E-state index < -0.39 is 0 Å². The highest BCUT2D eigenvalue weighted by Crippen LogP contribution is 2.32. The standard InChI is InChI=1S/C12H21NO2/c1-8(2)5-13-6-10(7-13)12(15)9-3-11(14)4-9/h8-11,14H,3-7H2,1-2H3. The van der Waals surface area contributed by atoms with Gasteiger partial charge in [0.25, 0.3) is 0 Å².